The SMILES string of the molecule is CCn1nc(Cn2cc(C(C)Cl)cn2)c2ccccc21. The van der Waals surface area contributed by atoms with Crippen LogP contribution in [-0.2, 0) is 13.1 Å². The summed E-state index contributed by atoms with van der Waals surface area (Å²) in [5, 5.41) is 10.2. The van der Waals surface area contributed by atoms with Crippen LogP contribution in [0.5, 0.6) is 0 Å². The molecule has 0 saturated heterocycles. The minimum absolute atomic E-state index is 0.0197. The number of para-hydroxylation sites is 1. The zero-order valence-electron chi connectivity index (χ0n) is 11.6. The van der Waals surface area contributed by atoms with Crippen molar-refractivity contribution in [1.82, 2.24) is 19.6 Å². The van der Waals surface area contributed by atoms with E-state index in [1.54, 1.807) is 0 Å². The van der Waals surface area contributed by atoms with E-state index in [0.29, 0.717) is 6.54 Å². The van der Waals surface area contributed by atoms with E-state index >= 15 is 0 Å². The molecular formula is C15H17ClN4. The lowest BCUT2D eigenvalue weighted by molar-refractivity contribution is 0.627. The third-order valence-corrected chi connectivity index (χ3v) is 3.71. The van der Waals surface area contributed by atoms with E-state index in [0.717, 1.165) is 17.8 Å². The Bertz CT molecular complexity index is 726. The standard InChI is InChI=1S/C15H17ClN4/c1-3-20-15-7-5-4-6-13(15)14(18-20)10-19-9-12(8-17-19)11(2)16/h4-9,11H,3,10H2,1-2H3. The Kier molecular flexibility index (Phi) is 3.49. The molecule has 1 unspecified atom stereocenters. The van der Waals surface area contributed by atoms with Gasteiger partial charge in [-0.3, -0.25) is 9.36 Å². The number of hydrogen-bond acceptors (Lipinski definition) is 2. The van der Waals surface area contributed by atoms with Crippen LogP contribution >= 0.6 is 11.6 Å². The molecule has 20 heavy (non-hydrogen) atoms. The van der Waals surface area contributed by atoms with Gasteiger partial charge in [0, 0.05) is 23.7 Å². The normalized spacial score (nSPS) is 12.9. The lowest BCUT2D eigenvalue weighted by Crippen LogP contribution is -2.03. The maximum atomic E-state index is 6.07. The van der Waals surface area contributed by atoms with Crippen molar-refractivity contribution in [2.75, 3.05) is 0 Å². The van der Waals surface area contributed by atoms with E-state index < -0.39 is 0 Å². The molecule has 2 aromatic heterocycles. The maximum absolute atomic E-state index is 6.07. The highest BCUT2D eigenvalue weighted by atomic mass is 35.5. The summed E-state index contributed by atoms with van der Waals surface area (Å²) in [6.45, 7) is 5.58. The van der Waals surface area contributed by atoms with Gasteiger partial charge in [-0.15, -0.1) is 11.6 Å². The van der Waals surface area contributed by atoms with Crippen LogP contribution in [-0.4, -0.2) is 19.6 Å². The maximum Gasteiger partial charge on any atom is 0.0918 e. The summed E-state index contributed by atoms with van der Waals surface area (Å²) in [7, 11) is 0. The first-order chi connectivity index (χ1) is 9.69. The van der Waals surface area contributed by atoms with E-state index in [1.165, 1.54) is 10.9 Å². The van der Waals surface area contributed by atoms with Gasteiger partial charge in [0.05, 0.1) is 29.3 Å². The Morgan fingerprint density at radius 3 is 2.80 bits per heavy atom. The average molecular weight is 289 g/mol. The molecule has 0 spiro atoms. The van der Waals surface area contributed by atoms with Gasteiger partial charge in [0.1, 0.15) is 0 Å². The molecule has 3 rings (SSSR count). The van der Waals surface area contributed by atoms with Crippen LogP contribution in [0.25, 0.3) is 10.9 Å². The molecule has 104 valence electrons. The second-order valence-electron chi connectivity index (χ2n) is 4.87. The molecule has 1 aromatic carbocycles. The van der Waals surface area contributed by atoms with Gasteiger partial charge in [0.2, 0.25) is 0 Å². The lowest BCUT2D eigenvalue weighted by atomic mass is 10.2. The summed E-state index contributed by atoms with van der Waals surface area (Å²) < 4.78 is 3.92. The Hall–Kier alpha value is -1.81. The summed E-state index contributed by atoms with van der Waals surface area (Å²) in [6, 6.07) is 8.30. The Morgan fingerprint density at radius 2 is 2.10 bits per heavy atom. The largest absolute Gasteiger partial charge is 0.266 e. The smallest absolute Gasteiger partial charge is 0.0918 e. The van der Waals surface area contributed by atoms with E-state index in [2.05, 4.69) is 29.3 Å². The second-order valence-corrected chi connectivity index (χ2v) is 5.52. The molecule has 4 nitrogen and oxygen atoms in total. The van der Waals surface area contributed by atoms with Crippen LogP contribution in [0.3, 0.4) is 0 Å². The van der Waals surface area contributed by atoms with Crippen molar-refractivity contribution in [2.45, 2.75) is 32.3 Å². The first-order valence-electron chi connectivity index (χ1n) is 6.80. The summed E-state index contributed by atoms with van der Waals surface area (Å²) in [6.07, 6.45) is 3.80. The quantitative estimate of drug-likeness (QED) is 0.688. The fraction of sp³-hybridized carbons (Fsp3) is 0.333. The topological polar surface area (TPSA) is 35.6 Å². The van der Waals surface area contributed by atoms with Gasteiger partial charge in [0.25, 0.3) is 0 Å². The third kappa shape index (κ3) is 2.31. The molecule has 0 N–H and O–H groups in total. The number of rotatable bonds is 4. The van der Waals surface area contributed by atoms with Crippen LogP contribution in [0, 0.1) is 0 Å². The molecule has 0 fully saturated rings. The van der Waals surface area contributed by atoms with Crippen molar-refractivity contribution >= 4 is 22.5 Å². The molecule has 0 aliphatic rings. The molecule has 0 aliphatic carbocycles. The highest BCUT2D eigenvalue weighted by molar-refractivity contribution is 6.20. The number of hydrogen-bond donors (Lipinski definition) is 0. The first-order valence-corrected chi connectivity index (χ1v) is 7.23. The Morgan fingerprint density at radius 1 is 1.30 bits per heavy atom. The summed E-state index contributed by atoms with van der Waals surface area (Å²) in [5.74, 6) is 0. The van der Waals surface area contributed by atoms with Crippen LogP contribution in [0.2, 0.25) is 0 Å². The zero-order valence-corrected chi connectivity index (χ0v) is 12.4. The van der Waals surface area contributed by atoms with Crippen molar-refractivity contribution in [3.05, 3.63) is 47.9 Å². The number of alkyl halides is 1. The number of fused-ring (bicyclic) bond motifs is 1. The van der Waals surface area contributed by atoms with Crippen molar-refractivity contribution in [3.8, 4) is 0 Å². The summed E-state index contributed by atoms with van der Waals surface area (Å²) in [5.41, 5.74) is 3.24. The minimum atomic E-state index is -0.0197. The van der Waals surface area contributed by atoms with Crippen molar-refractivity contribution < 1.29 is 0 Å². The summed E-state index contributed by atoms with van der Waals surface area (Å²) >= 11 is 6.07. The number of nitrogens with zero attached hydrogens (tertiary/aromatic N) is 4. The molecule has 2 heterocycles. The van der Waals surface area contributed by atoms with Crippen LogP contribution in [0.4, 0.5) is 0 Å². The van der Waals surface area contributed by atoms with Gasteiger partial charge in [-0.1, -0.05) is 18.2 Å². The van der Waals surface area contributed by atoms with Gasteiger partial charge < -0.3 is 0 Å². The molecule has 0 bridgehead atoms. The van der Waals surface area contributed by atoms with E-state index in [4.69, 9.17) is 11.6 Å². The summed E-state index contributed by atoms with van der Waals surface area (Å²) in [4.78, 5) is 0. The van der Waals surface area contributed by atoms with Crippen LogP contribution in [0.1, 0.15) is 30.5 Å². The number of aromatic nitrogens is 4. The predicted molar refractivity (Wildman–Crippen MR) is 81.0 cm³/mol. The van der Waals surface area contributed by atoms with Gasteiger partial charge >= 0.3 is 0 Å². The van der Waals surface area contributed by atoms with Crippen LogP contribution in [0.15, 0.2) is 36.7 Å². The van der Waals surface area contributed by atoms with Crippen LogP contribution < -0.4 is 0 Å². The fourth-order valence-electron chi connectivity index (χ4n) is 2.38. The predicted octanol–water partition coefficient (Wildman–Crippen LogP) is 3.60. The molecule has 5 heteroatoms. The van der Waals surface area contributed by atoms with Gasteiger partial charge in [0.15, 0.2) is 0 Å². The Balaban J connectivity index is 1.97. The first kappa shape index (κ1) is 13.2. The highest BCUT2D eigenvalue weighted by Crippen LogP contribution is 2.21. The van der Waals surface area contributed by atoms with Crippen molar-refractivity contribution in [3.63, 3.8) is 0 Å². The molecule has 0 saturated carbocycles. The van der Waals surface area contributed by atoms with Gasteiger partial charge in [-0.2, -0.15) is 10.2 Å². The molecule has 1 atom stereocenters. The number of benzene rings is 1. The third-order valence-electron chi connectivity index (χ3n) is 3.46. The van der Waals surface area contributed by atoms with E-state index in [-0.39, 0.29) is 5.38 Å². The number of halogens is 1. The fourth-order valence-corrected chi connectivity index (χ4v) is 2.49. The molecule has 3 aromatic rings. The highest BCUT2D eigenvalue weighted by Gasteiger charge is 2.11. The minimum Gasteiger partial charge on any atom is -0.266 e. The monoisotopic (exact) mass is 288 g/mol. The number of aryl methyl sites for hydroxylation is 1. The molecule has 0 radical (unpaired) electrons. The van der Waals surface area contributed by atoms with Crippen molar-refractivity contribution in [1.29, 1.82) is 0 Å². The van der Waals surface area contributed by atoms with Gasteiger partial charge in [-0.25, -0.2) is 0 Å². The lowest BCUT2D eigenvalue weighted by Gasteiger charge is -1.99. The molecule has 0 aliphatic heterocycles. The van der Waals surface area contributed by atoms with Gasteiger partial charge in [-0.05, 0) is 19.9 Å². The molecule has 0 amide bonds. The van der Waals surface area contributed by atoms with E-state index in [1.807, 2.05) is 40.8 Å². The van der Waals surface area contributed by atoms with Crippen molar-refractivity contribution in [2.24, 2.45) is 0 Å². The second kappa shape index (κ2) is 5.29. The van der Waals surface area contributed by atoms with E-state index in [9.17, 15) is 0 Å². The average Bonchev–Trinajstić information content (AvgIpc) is 3.05. The Labute approximate surface area is 123 Å². The molecular weight excluding hydrogens is 272 g/mol. The zero-order chi connectivity index (χ0) is 14.1.